The molecule has 1 aliphatic heterocycles. The van der Waals surface area contributed by atoms with Crippen molar-refractivity contribution in [3.05, 3.63) is 0 Å². The van der Waals surface area contributed by atoms with Crippen molar-refractivity contribution in [2.24, 2.45) is 5.92 Å². The Bertz CT molecular complexity index is 141. The number of hydrogen-bond acceptors (Lipinski definition) is 3. The Kier molecular flexibility index (Phi) is 6.15. The number of hydrogen-bond donors (Lipinski definition) is 2. The Labute approximate surface area is 87.6 Å². The maximum Gasteiger partial charge on any atom is 0.0623 e. The Morgan fingerprint density at radius 3 is 2.86 bits per heavy atom. The molecule has 1 rings (SSSR count). The largest absolute Gasteiger partial charge is 0.379 e. The van der Waals surface area contributed by atoms with Gasteiger partial charge in [0, 0.05) is 18.5 Å². The topological polar surface area (TPSA) is 33.3 Å². The Morgan fingerprint density at radius 1 is 1.29 bits per heavy atom. The third-order valence-corrected chi connectivity index (χ3v) is 2.78. The lowest BCUT2D eigenvalue weighted by molar-refractivity contribution is 0.182. The van der Waals surface area contributed by atoms with Crippen LogP contribution in [0.25, 0.3) is 0 Å². The molecule has 3 heteroatoms. The van der Waals surface area contributed by atoms with Crippen LogP contribution in [0.5, 0.6) is 0 Å². The van der Waals surface area contributed by atoms with Crippen LogP contribution in [0.2, 0.25) is 0 Å². The Hall–Kier alpha value is -0.120. The molecule has 2 unspecified atom stereocenters. The van der Waals surface area contributed by atoms with Gasteiger partial charge in [-0.15, -0.1) is 0 Å². The number of nitrogens with one attached hydrogen (secondary N) is 2. The smallest absolute Gasteiger partial charge is 0.0623 e. The molecule has 1 saturated heterocycles. The molecule has 1 aliphatic rings. The van der Waals surface area contributed by atoms with Crippen molar-refractivity contribution in [1.82, 2.24) is 10.6 Å². The standard InChI is InChI=1S/C11H24N2O/c1-3-5-6-12-7-10-8-14-9-11(10)13-4-2/h10-13H,3-9H2,1-2H3. The first-order chi connectivity index (χ1) is 6.88. The van der Waals surface area contributed by atoms with Crippen molar-refractivity contribution in [3.8, 4) is 0 Å². The zero-order valence-corrected chi connectivity index (χ0v) is 9.51. The lowest BCUT2D eigenvalue weighted by Crippen LogP contribution is -2.40. The molecule has 0 saturated carbocycles. The van der Waals surface area contributed by atoms with Gasteiger partial charge < -0.3 is 15.4 Å². The van der Waals surface area contributed by atoms with E-state index >= 15 is 0 Å². The summed E-state index contributed by atoms with van der Waals surface area (Å²) in [5.41, 5.74) is 0. The molecule has 0 bridgehead atoms. The van der Waals surface area contributed by atoms with E-state index < -0.39 is 0 Å². The second kappa shape index (κ2) is 7.21. The fourth-order valence-corrected chi connectivity index (χ4v) is 1.88. The summed E-state index contributed by atoms with van der Waals surface area (Å²) >= 11 is 0. The zero-order chi connectivity index (χ0) is 10.2. The van der Waals surface area contributed by atoms with Crippen LogP contribution >= 0.6 is 0 Å². The normalized spacial score (nSPS) is 27.0. The molecule has 14 heavy (non-hydrogen) atoms. The molecule has 3 nitrogen and oxygen atoms in total. The summed E-state index contributed by atoms with van der Waals surface area (Å²) in [5, 5.41) is 6.97. The molecular formula is C11H24N2O. The van der Waals surface area contributed by atoms with Gasteiger partial charge in [0.15, 0.2) is 0 Å². The minimum atomic E-state index is 0.564. The van der Waals surface area contributed by atoms with Gasteiger partial charge in [-0.05, 0) is 19.5 Å². The van der Waals surface area contributed by atoms with Gasteiger partial charge in [-0.25, -0.2) is 0 Å². The van der Waals surface area contributed by atoms with E-state index in [0.29, 0.717) is 12.0 Å². The van der Waals surface area contributed by atoms with Gasteiger partial charge >= 0.3 is 0 Å². The first kappa shape index (κ1) is 12.0. The van der Waals surface area contributed by atoms with Crippen molar-refractivity contribution in [3.63, 3.8) is 0 Å². The van der Waals surface area contributed by atoms with Gasteiger partial charge in [0.25, 0.3) is 0 Å². The summed E-state index contributed by atoms with van der Waals surface area (Å²) in [6.45, 7) is 9.45. The van der Waals surface area contributed by atoms with E-state index in [1.54, 1.807) is 0 Å². The highest BCUT2D eigenvalue weighted by atomic mass is 16.5. The molecule has 2 N–H and O–H groups in total. The second-order valence-corrected chi connectivity index (χ2v) is 4.02. The fraction of sp³-hybridized carbons (Fsp3) is 1.00. The molecule has 0 aromatic rings. The fourth-order valence-electron chi connectivity index (χ4n) is 1.88. The van der Waals surface area contributed by atoms with Crippen LogP contribution in [-0.2, 0) is 4.74 Å². The lowest BCUT2D eigenvalue weighted by Gasteiger charge is -2.18. The molecule has 1 heterocycles. The van der Waals surface area contributed by atoms with E-state index in [9.17, 15) is 0 Å². The zero-order valence-electron chi connectivity index (χ0n) is 9.51. The first-order valence-electron chi connectivity index (χ1n) is 5.90. The summed E-state index contributed by atoms with van der Waals surface area (Å²) in [7, 11) is 0. The summed E-state index contributed by atoms with van der Waals surface area (Å²) in [6.07, 6.45) is 2.55. The quantitative estimate of drug-likeness (QED) is 0.602. The third kappa shape index (κ3) is 3.95. The van der Waals surface area contributed by atoms with Crippen LogP contribution in [-0.4, -0.2) is 38.9 Å². The number of ether oxygens (including phenoxy) is 1. The highest BCUT2D eigenvalue weighted by Crippen LogP contribution is 2.12. The predicted octanol–water partition coefficient (Wildman–Crippen LogP) is 1.00. The van der Waals surface area contributed by atoms with E-state index in [-0.39, 0.29) is 0 Å². The van der Waals surface area contributed by atoms with Gasteiger partial charge in [-0.2, -0.15) is 0 Å². The average Bonchev–Trinajstić information content (AvgIpc) is 2.61. The van der Waals surface area contributed by atoms with E-state index in [2.05, 4.69) is 24.5 Å². The predicted molar refractivity (Wildman–Crippen MR) is 59.6 cm³/mol. The van der Waals surface area contributed by atoms with Gasteiger partial charge in [0.05, 0.1) is 13.2 Å². The molecule has 84 valence electrons. The van der Waals surface area contributed by atoms with Gasteiger partial charge in [0.1, 0.15) is 0 Å². The van der Waals surface area contributed by atoms with E-state index in [1.807, 2.05) is 0 Å². The average molecular weight is 200 g/mol. The highest BCUT2D eigenvalue weighted by molar-refractivity contribution is 4.82. The minimum Gasteiger partial charge on any atom is -0.379 e. The molecule has 0 spiro atoms. The maximum absolute atomic E-state index is 5.48. The van der Waals surface area contributed by atoms with Crippen LogP contribution in [0.15, 0.2) is 0 Å². The minimum absolute atomic E-state index is 0.564. The van der Waals surface area contributed by atoms with Gasteiger partial charge in [-0.3, -0.25) is 0 Å². The molecule has 0 radical (unpaired) electrons. The molecule has 0 amide bonds. The van der Waals surface area contributed by atoms with Crippen LogP contribution in [0.4, 0.5) is 0 Å². The second-order valence-electron chi connectivity index (χ2n) is 4.02. The monoisotopic (exact) mass is 200 g/mol. The van der Waals surface area contributed by atoms with E-state index in [1.165, 1.54) is 12.8 Å². The van der Waals surface area contributed by atoms with Crippen molar-refractivity contribution >= 4 is 0 Å². The summed E-state index contributed by atoms with van der Waals surface area (Å²) in [4.78, 5) is 0. The van der Waals surface area contributed by atoms with Gasteiger partial charge in [-0.1, -0.05) is 20.3 Å². The van der Waals surface area contributed by atoms with Crippen molar-refractivity contribution in [2.45, 2.75) is 32.7 Å². The molecule has 0 aromatic heterocycles. The van der Waals surface area contributed by atoms with E-state index in [4.69, 9.17) is 4.74 Å². The molecule has 0 aromatic carbocycles. The number of rotatable bonds is 7. The Morgan fingerprint density at radius 2 is 2.14 bits per heavy atom. The van der Waals surface area contributed by atoms with Crippen LogP contribution in [0.3, 0.4) is 0 Å². The van der Waals surface area contributed by atoms with Crippen molar-refractivity contribution in [2.75, 3.05) is 32.8 Å². The van der Waals surface area contributed by atoms with Gasteiger partial charge in [0.2, 0.25) is 0 Å². The molecular weight excluding hydrogens is 176 g/mol. The Balaban J connectivity index is 2.09. The number of likely N-dealkylation sites (N-methyl/N-ethyl adjacent to an activating group) is 1. The molecule has 2 atom stereocenters. The van der Waals surface area contributed by atoms with E-state index in [0.717, 1.165) is 32.8 Å². The highest BCUT2D eigenvalue weighted by Gasteiger charge is 2.26. The third-order valence-electron chi connectivity index (χ3n) is 2.78. The molecule has 0 aliphatic carbocycles. The van der Waals surface area contributed by atoms with Crippen LogP contribution < -0.4 is 10.6 Å². The first-order valence-corrected chi connectivity index (χ1v) is 5.90. The summed E-state index contributed by atoms with van der Waals surface area (Å²) in [6, 6.07) is 0.564. The maximum atomic E-state index is 5.48. The van der Waals surface area contributed by atoms with Crippen LogP contribution in [0.1, 0.15) is 26.7 Å². The summed E-state index contributed by atoms with van der Waals surface area (Å²) in [5.74, 6) is 0.659. The number of unbranched alkanes of at least 4 members (excludes halogenated alkanes) is 1. The van der Waals surface area contributed by atoms with Crippen LogP contribution in [0, 0.1) is 5.92 Å². The molecule has 1 fully saturated rings. The SMILES string of the molecule is CCCCNCC1COCC1NCC. The summed E-state index contributed by atoms with van der Waals surface area (Å²) < 4.78 is 5.48. The van der Waals surface area contributed by atoms with Crippen molar-refractivity contribution in [1.29, 1.82) is 0 Å². The lowest BCUT2D eigenvalue weighted by atomic mass is 10.0. The van der Waals surface area contributed by atoms with Crippen molar-refractivity contribution < 1.29 is 4.74 Å².